The van der Waals surface area contributed by atoms with E-state index >= 15 is 0 Å². The first kappa shape index (κ1) is 37.8. The van der Waals surface area contributed by atoms with E-state index in [9.17, 15) is 50.4 Å². The molecule has 0 aromatic heterocycles. The maximum atomic E-state index is 9.87. The minimum atomic E-state index is -10.7. The second-order valence-corrected chi connectivity index (χ2v) is 12.8. The summed E-state index contributed by atoms with van der Waals surface area (Å²) in [5.74, 6) is 0. The third kappa shape index (κ3) is 32.0. The average molecular weight is 636 g/mol. The fraction of sp³-hybridized carbons (Fsp3) is 1.00. The summed E-state index contributed by atoms with van der Waals surface area (Å²) in [5, 5.41) is 0. The summed E-state index contributed by atoms with van der Waals surface area (Å²) in [6, 6.07) is 0. The first-order chi connectivity index (χ1) is 16.7. The van der Waals surface area contributed by atoms with Gasteiger partial charge < -0.3 is 28.3 Å². The molecule has 6 nitrogen and oxygen atoms in total. The Morgan fingerprint density at radius 1 is 0.737 bits per heavy atom. The van der Waals surface area contributed by atoms with Gasteiger partial charge in [-0.15, -0.1) is 0 Å². The van der Waals surface area contributed by atoms with Crippen molar-refractivity contribution in [1.82, 2.24) is 0 Å². The molecule has 2 unspecified atom stereocenters. The predicted octanol–water partition coefficient (Wildman–Crippen LogP) is 6.35. The molecule has 0 amide bonds. The van der Waals surface area contributed by atoms with Gasteiger partial charge in [0.25, 0.3) is 0 Å². The van der Waals surface area contributed by atoms with E-state index in [0.29, 0.717) is 19.3 Å². The van der Waals surface area contributed by atoms with Gasteiger partial charge in [-0.2, -0.15) is 0 Å². The van der Waals surface area contributed by atoms with Crippen LogP contribution < -0.4 is 4.90 Å². The molecule has 20 heteroatoms. The first-order valence-electron chi connectivity index (χ1n) is 11.8. The number of quaternary nitrogens is 2. The van der Waals surface area contributed by atoms with Gasteiger partial charge in [0.15, 0.2) is 0 Å². The van der Waals surface area contributed by atoms with Crippen molar-refractivity contribution in [2.24, 2.45) is 0 Å². The fourth-order valence-electron chi connectivity index (χ4n) is 3.58. The molecule has 0 bridgehead atoms. The van der Waals surface area contributed by atoms with Gasteiger partial charge in [0.05, 0.1) is 52.7 Å². The van der Waals surface area contributed by atoms with Gasteiger partial charge in [-0.3, -0.25) is 0 Å². The zero-order chi connectivity index (χ0) is 29.9. The van der Waals surface area contributed by atoms with Crippen LogP contribution in [0.25, 0.3) is 0 Å². The van der Waals surface area contributed by atoms with Gasteiger partial charge in [0.1, 0.15) is 38.8 Å². The number of nitrogens with zero attached hydrogens (tertiary/aromatic N) is 1. The normalized spacial score (nSPS) is 25.7. The molecule has 0 radical (unpaired) electrons. The zero-order valence-electron chi connectivity index (χ0n) is 21.2. The van der Waals surface area contributed by atoms with Crippen molar-refractivity contribution in [2.75, 3.05) is 92.1 Å². The van der Waals surface area contributed by atoms with E-state index in [0.717, 1.165) is 76.7 Å². The second-order valence-electron chi connectivity index (χ2n) is 8.92. The van der Waals surface area contributed by atoms with E-state index in [1.54, 1.807) is 4.90 Å². The third-order valence-corrected chi connectivity index (χ3v) is 5.58. The van der Waals surface area contributed by atoms with Gasteiger partial charge >= 0.3 is 66.0 Å². The molecule has 2 aliphatic heterocycles. The summed E-state index contributed by atoms with van der Waals surface area (Å²) in [5.41, 5.74) is 0. The SMILES string of the molecule is CC[NH+]1CCOC(CCOCCOCC[N+]2(CC)CCOCC2)C1.F[P-](F)(F)(F)(F)F.F[P-](F)(F)(F)(F)F. The number of likely N-dealkylation sites (N-methyl/N-ethyl adjacent to an activating group) is 2. The van der Waals surface area contributed by atoms with Crippen molar-refractivity contribution < 1.29 is 78.7 Å². The molecule has 38 heavy (non-hydrogen) atoms. The molecule has 0 aromatic rings. The van der Waals surface area contributed by atoms with Crippen LogP contribution >= 0.6 is 15.6 Å². The van der Waals surface area contributed by atoms with Crippen LogP contribution in [-0.2, 0) is 18.9 Å². The Bertz CT molecular complexity index is 638. The van der Waals surface area contributed by atoms with Crippen molar-refractivity contribution >= 4 is 15.6 Å². The maximum absolute atomic E-state index is 10.7. The number of hydrogen-bond donors (Lipinski definition) is 1. The summed E-state index contributed by atoms with van der Waals surface area (Å²) in [4.78, 5) is 1.64. The van der Waals surface area contributed by atoms with Crippen molar-refractivity contribution in [1.29, 1.82) is 0 Å². The molecule has 0 spiro atoms. The Kier molecular flexibility index (Phi) is 12.7. The number of rotatable bonds is 11. The number of hydrogen-bond acceptors (Lipinski definition) is 4. The molecule has 2 rings (SSSR count). The Labute approximate surface area is 213 Å². The number of nitrogens with one attached hydrogen (secondary N) is 1. The standard InChI is InChI=1S/C18H37N2O4.2F6P/c1-3-19-6-11-24-18(17-19)5-10-21-15-16-23-14-9-20(4-2)7-12-22-13-8-20;2*1-7(2,3,4,5)6/h18H,3-17H2,1-2H3;;/q+1;2*-1/p+1. The van der Waals surface area contributed by atoms with Crippen LogP contribution in [0, 0.1) is 0 Å². The van der Waals surface area contributed by atoms with E-state index in [2.05, 4.69) is 13.8 Å². The van der Waals surface area contributed by atoms with Gasteiger partial charge in [-0.25, -0.2) is 0 Å². The van der Waals surface area contributed by atoms with Crippen LogP contribution in [0.15, 0.2) is 0 Å². The van der Waals surface area contributed by atoms with E-state index in [-0.39, 0.29) is 0 Å². The van der Waals surface area contributed by atoms with Crippen molar-refractivity contribution in [3.8, 4) is 0 Å². The second kappa shape index (κ2) is 12.7. The quantitative estimate of drug-likeness (QED) is 0.124. The molecule has 2 atom stereocenters. The summed E-state index contributed by atoms with van der Waals surface area (Å²) in [7, 11) is -21.3. The van der Waals surface area contributed by atoms with Gasteiger partial charge in [0.2, 0.25) is 0 Å². The first-order valence-corrected chi connectivity index (χ1v) is 15.9. The monoisotopic (exact) mass is 636 g/mol. The Hall–Kier alpha value is -0.220. The Morgan fingerprint density at radius 3 is 1.66 bits per heavy atom. The Balaban J connectivity index is 0.000000804. The fourth-order valence-corrected chi connectivity index (χ4v) is 3.58. The molecule has 1 N–H and O–H groups in total. The van der Waals surface area contributed by atoms with Crippen molar-refractivity contribution in [3.63, 3.8) is 0 Å². The van der Waals surface area contributed by atoms with Crippen LogP contribution in [-0.4, -0.2) is 103 Å². The van der Waals surface area contributed by atoms with E-state index < -0.39 is 15.6 Å². The van der Waals surface area contributed by atoms with Gasteiger partial charge in [-0.05, 0) is 13.8 Å². The zero-order valence-corrected chi connectivity index (χ0v) is 23.0. The van der Waals surface area contributed by atoms with Crippen LogP contribution in [0.2, 0.25) is 0 Å². The number of halogens is 12. The van der Waals surface area contributed by atoms with E-state index in [4.69, 9.17) is 18.9 Å². The molecule has 0 aromatic carbocycles. The number of ether oxygens (including phenoxy) is 4. The van der Waals surface area contributed by atoms with Crippen LogP contribution in [0.1, 0.15) is 20.3 Å². The number of morpholine rings is 2. The van der Waals surface area contributed by atoms with Crippen molar-refractivity contribution in [3.05, 3.63) is 0 Å². The molecule has 2 aliphatic rings. The van der Waals surface area contributed by atoms with Crippen molar-refractivity contribution in [2.45, 2.75) is 26.4 Å². The minimum absolute atomic E-state index is 0.366. The third-order valence-electron chi connectivity index (χ3n) is 5.58. The predicted molar refractivity (Wildman–Crippen MR) is 121 cm³/mol. The van der Waals surface area contributed by atoms with Gasteiger partial charge in [-0.1, -0.05) is 0 Å². The average Bonchev–Trinajstić information content (AvgIpc) is 2.72. The van der Waals surface area contributed by atoms with E-state index in [1.807, 2.05) is 0 Å². The molecule has 2 saturated heterocycles. The molecule has 0 saturated carbocycles. The van der Waals surface area contributed by atoms with Crippen LogP contribution in [0.4, 0.5) is 50.4 Å². The summed E-state index contributed by atoms with van der Waals surface area (Å²) < 4.78 is 142. The van der Waals surface area contributed by atoms with Crippen LogP contribution in [0.3, 0.4) is 0 Å². The summed E-state index contributed by atoms with van der Waals surface area (Å²) in [6.07, 6.45) is 1.36. The molecule has 0 aliphatic carbocycles. The summed E-state index contributed by atoms with van der Waals surface area (Å²) >= 11 is 0. The summed E-state index contributed by atoms with van der Waals surface area (Å²) in [6.45, 7) is 18.1. The van der Waals surface area contributed by atoms with E-state index in [1.165, 1.54) is 13.1 Å². The molecule has 238 valence electrons. The molecular weight excluding hydrogens is 598 g/mol. The topological polar surface area (TPSA) is 41.4 Å². The molecule has 2 fully saturated rings. The van der Waals surface area contributed by atoms with Gasteiger partial charge in [0, 0.05) is 13.0 Å². The molecule has 2 heterocycles. The Morgan fingerprint density at radius 2 is 1.21 bits per heavy atom. The van der Waals surface area contributed by atoms with Crippen LogP contribution in [0.5, 0.6) is 0 Å². The molecular formula is C18H38F12N2O4P2.